The van der Waals surface area contributed by atoms with Gasteiger partial charge < -0.3 is 5.32 Å². The minimum atomic E-state index is 0.753. The standard InChI is InChI=1S/C6H9N7S/c1-13-5(10-11-12-13)2-3-7-6-8-4-9-14-6/h4H,2-3H2,1H3,(H,7,8,9). The maximum Gasteiger partial charge on any atom is 0.202 e. The highest BCUT2D eigenvalue weighted by atomic mass is 32.1. The van der Waals surface area contributed by atoms with Gasteiger partial charge in [0.15, 0.2) is 5.82 Å². The van der Waals surface area contributed by atoms with Gasteiger partial charge in [-0.3, -0.25) is 0 Å². The number of tetrazole rings is 1. The van der Waals surface area contributed by atoms with Crippen molar-refractivity contribution >= 4 is 16.7 Å². The van der Waals surface area contributed by atoms with E-state index in [2.05, 4.69) is 30.2 Å². The molecule has 0 aliphatic rings. The minimum absolute atomic E-state index is 0.753. The van der Waals surface area contributed by atoms with Crippen LogP contribution in [0, 0.1) is 0 Å². The molecule has 0 saturated heterocycles. The monoisotopic (exact) mass is 211 g/mol. The van der Waals surface area contributed by atoms with Crippen molar-refractivity contribution in [3.05, 3.63) is 12.2 Å². The Kier molecular flexibility index (Phi) is 2.63. The molecule has 74 valence electrons. The van der Waals surface area contributed by atoms with Crippen LogP contribution in [0.3, 0.4) is 0 Å². The lowest BCUT2D eigenvalue weighted by molar-refractivity contribution is 0.677. The highest BCUT2D eigenvalue weighted by Gasteiger charge is 2.01. The van der Waals surface area contributed by atoms with Crippen molar-refractivity contribution in [2.45, 2.75) is 6.42 Å². The van der Waals surface area contributed by atoms with Crippen LogP contribution in [-0.4, -0.2) is 36.1 Å². The van der Waals surface area contributed by atoms with Gasteiger partial charge >= 0.3 is 0 Å². The molecule has 0 aromatic carbocycles. The molecule has 2 aromatic heterocycles. The van der Waals surface area contributed by atoms with Crippen LogP contribution in [0.25, 0.3) is 0 Å². The number of aryl methyl sites for hydroxylation is 1. The third kappa shape index (κ3) is 2.02. The van der Waals surface area contributed by atoms with Gasteiger partial charge in [0.2, 0.25) is 5.13 Å². The fourth-order valence-electron chi connectivity index (χ4n) is 0.992. The average molecular weight is 211 g/mol. The summed E-state index contributed by atoms with van der Waals surface area (Å²) in [6.07, 6.45) is 2.29. The molecular weight excluding hydrogens is 202 g/mol. The van der Waals surface area contributed by atoms with Gasteiger partial charge in [-0.05, 0) is 10.4 Å². The molecular formula is C6H9N7S. The first-order valence-electron chi connectivity index (χ1n) is 4.08. The van der Waals surface area contributed by atoms with Crippen LogP contribution in [0.2, 0.25) is 0 Å². The van der Waals surface area contributed by atoms with Gasteiger partial charge in [0.1, 0.15) is 6.33 Å². The maximum absolute atomic E-state index is 4.00. The second kappa shape index (κ2) is 4.09. The van der Waals surface area contributed by atoms with E-state index in [1.54, 1.807) is 4.68 Å². The van der Waals surface area contributed by atoms with Gasteiger partial charge in [-0.15, -0.1) is 5.10 Å². The van der Waals surface area contributed by atoms with Crippen LogP contribution >= 0.6 is 11.5 Å². The molecule has 8 heteroatoms. The van der Waals surface area contributed by atoms with Crippen molar-refractivity contribution in [2.75, 3.05) is 11.9 Å². The third-order valence-corrected chi connectivity index (χ3v) is 2.32. The summed E-state index contributed by atoms with van der Waals surface area (Å²) < 4.78 is 5.53. The molecule has 0 amide bonds. The number of nitrogens with zero attached hydrogens (tertiary/aromatic N) is 6. The Bertz CT molecular complexity index is 381. The van der Waals surface area contributed by atoms with Crippen LogP contribution < -0.4 is 5.32 Å². The summed E-state index contributed by atoms with van der Waals surface area (Å²) in [6, 6.07) is 0. The lowest BCUT2D eigenvalue weighted by Crippen LogP contribution is -2.08. The predicted molar refractivity (Wildman–Crippen MR) is 50.9 cm³/mol. The van der Waals surface area contributed by atoms with Crippen LogP contribution in [-0.2, 0) is 13.5 Å². The predicted octanol–water partition coefficient (Wildman–Crippen LogP) is -0.284. The topological polar surface area (TPSA) is 81.4 Å². The number of anilines is 1. The van der Waals surface area contributed by atoms with Crippen molar-refractivity contribution in [1.29, 1.82) is 0 Å². The molecule has 2 aromatic rings. The molecule has 0 aliphatic heterocycles. The molecule has 2 heterocycles. The molecule has 0 fully saturated rings. The molecule has 0 saturated carbocycles. The first-order valence-corrected chi connectivity index (χ1v) is 4.85. The van der Waals surface area contributed by atoms with Gasteiger partial charge in [-0.25, -0.2) is 9.67 Å². The second-order valence-electron chi connectivity index (χ2n) is 2.64. The summed E-state index contributed by atoms with van der Waals surface area (Å²) in [7, 11) is 1.82. The fraction of sp³-hybridized carbons (Fsp3) is 0.500. The van der Waals surface area contributed by atoms with E-state index in [9.17, 15) is 0 Å². The summed E-state index contributed by atoms with van der Waals surface area (Å²) in [4.78, 5) is 4.00. The zero-order valence-electron chi connectivity index (χ0n) is 7.58. The third-order valence-electron chi connectivity index (χ3n) is 1.69. The summed E-state index contributed by atoms with van der Waals surface area (Å²) in [6.45, 7) is 0.753. The number of hydrogen-bond acceptors (Lipinski definition) is 7. The fourth-order valence-corrected chi connectivity index (χ4v) is 1.45. The van der Waals surface area contributed by atoms with Crippen LogP contribution in [0.5, 0.6) is 0 Å². The Morgan fingerprint density at radius 1 is 1.57 bits per heavy atom. The minimum Gasteiger partial charge on any atom is -0.360 e. The van der Waals surface area contributed by atoms with Crippen molar-refractivity contribution in [3.63, 3.8) is 0 Å². The quantitative estimate of drug-likeness (QED) is 0.748. The van der Waals surface area contributed by atoms with Gasteiger partial charge in [0, 0.05) is 31.5 Å². The van der Waals surface area contributed by atoms with E-state index in [-0.39, 0.29) is 0 Å². The van der Waals surface area contributed by atoms with Crippen molar-refractivity contribution in [3.8, 4) is 0 Å². The zero-order valence-corrected chi connectivity index (χ0v) is 8.40. The van der Waals surface area contributed by atoms with Gasteiger partial charge in [-0.2, -0.15) is 4.37 Å². The van der Waals surface area contributed by atoms with E-state index < -0.39 is 0 Å². The zero-order chi connectivity index (χ0) is 9.80. The first kappa shape index (κ1) is 9.00. The summed E-state index contributed by atoms with van der Waals surface area (Å²) in [5.41, 5.74) is 0. The molecule has 2 rings (SSSR count). The Morgan fingerprint density at radius 3 is 3.14 bits per heavy atom. The first-order chi connectivity index (χ1) is 6.86. The van der Waals surface area contributed by atoms with Gasteiger partial charge in [0.25, 0.3) is 0 Å². The molecule has 0 unspecified atom stereocenters. The van der Waals surface area contributed by atoms with E-state index in [1.807, 2.05) is 7.05 Å². The lowest BCUT2D eigenvalue weighted by Gasteiger charge is -1.99. The molecule has 1 N–H and O–H groups in total. The molecule has 0 spiro atoms. The van der Waals surface area contributed by atoms with Crippen LogP contribution in [0.4, 0.5) is 5.13 Å². The largest absolute Gasteiger partial charge is 0.360 e. The van der Waals surface area contributed by atoms with Gasteiger partial charge in [0.05, 0.1) is 0 Å². The average Bonchev–Trinajstić information content (AvgIpc) is 2.78. The van der Waals surface area contributed by atoms with E-state index in [0.29, 0.717) is 0 Å². The molecule has 0 atom stereocenters. The lowest BCUT2D eigenvalue weighted by atomic mass is 10.4. The van der Waals surface area contributed by atoms with Crippen molar-refractivity contribution < 1.29 is 0 Å². The SMILES string of the molecule is Cn1nnnc1CCNc1ncns1. The Labute approximate surface area is 84.3 Å². The Hall–Kier alpha value is -1.57. The number of aromatic nitrogens is 6. The Balaban J connectivity index is 1.81. The van der Waals surface area contributed by atoms with Crippen molar-refractivity contribution in [2.24, 2.45) is 7.05 Å². The molecule has 14 heavy (non-hydrogen) atoms. The smallest absolute Gasteiger partial charge is 0.202 e. The summed E-state index contributed by atoms with van der Waals surface area (Å²) >= 11 is 1.33. The van der Waals surface area contributed by atoms with Crippen molar-refractivity contribution in [1.82, 2.24) is 29.6 Å². The molecule has 7 nitrogen and oxygen atoms in total. The molecule has 0 bridgehead atoms. The Morgan fingerprint density at radius 2 is 2.50 bits per heavy atom. The van der Waals surface area contributed by atoms with Crippen LogP contribution in [0.15, 0.2) is 6.33 Å². The second-order valence-corrected chi connectivity index (χ2v) is 3.42. The highest BCUT2D eigenvalue weighted by molar-refractivity contribution is 7.09. The van der Waals surface area contributed by atoms with E-state index in [4.69, 9.17) is 0 Å². The summed E-state index contributed by atoms with van der Waals surface area (Å²) in [5, 5.41) is 15.1. The molecule has 0 radical (unpaired) electrons. The van der Waals surface area contributed by atoms with Crippen LogP contribution in [0.1, 0.15) is 5.82 Å². The van der Waals surface area contributed by atoms with E-state index in [0.717, 1.165) is 23.9 Å². The number of nitrogens with one attached hydrogen (secondary N) is 1. The highest BCUT2D eigenvalue weighted by Crippen LogP contribution is 2.05. The number of rotatable bonds is 4. The maximum atomic E-state index is 4.00. The normalized spacial score (nSPS) is 10.4. The van der Waals surface area contributed by atoms with E-state index in [1.165, 1.54) is 17.9 Å². The number of hydrogen-bond donors (Lipinski definition) is 1. The molecule has 0 aliphatic carbocycles. The van der Waals surface area contributed by atoms with E-state index >= 15 is 0 Å². The summed E-state index contributed by atoms with van der Waals surface area (Å²) in [5.74, 6) is 0.849. The van der Waals surface area contributed by atoms with Gasteiger partial charge in [-0.1, -0.05) is 0 Å².